The molecule has 0 unspecified atom stereocenters. The monoisotopic (exact) mass is 658 g/mol. The fourth-order valence-electron chi connectivity index (χ4n) is 5.16. The molecule has 0 spiro atoms. The summed E-state index contributed by atoms with van der Waals surface area (Å²) in [5.41, 5.74) is 2.27. The van der Waals surface area contributed by atoms with Gasteiger partial charge in [-0.1, -0.05) is 42.1 Å². The predicted octanol–water partition coefficient (Wildman–Crippen LogP) is 5.35. The van der Waals surface area contributed by atoms with Gasteiger partial charge in [-0.2, -0.15) is 5.10 Å². The predicted molar refractivity (Wildman–Crippen MR) is 173 cm³/mol. The van der Waals surface area contributed by atoms with Crippen molar-refractivity contribution in [3.63, 3.8) is 0 Å². The number of amides is 2. The Balaban J connectivity index is 1.29. The van der Waals surface area contributed by atoms with Crippen LogP contribution in [-0.2, 0) is 11.3 Å². The number of hydrogen-bond acceptors (Lipinski definition) is 11. The van der Waals surface area contributed by atoms with Crippen molar-refractivity contribution in [3.05, 3.63) is 100 Å². The summed E-state index contributed by atoms with van der Waals surface area (Å²) in [5.74, 6) is 1.71. The van der Waals surface area contributed by atoms with E-state index in [2.05, 4.69) is 15.5 Å². The molecule has 46 heavy (non-hydrogen) atoms. The molecule has 3 aromatic heterocycles. The number of aromatic nitrogens is 3. The molecule has 5 aromatic rings. The summed E-state index contributed by atoms with van der Waals surface area (Å²) >= 11 is 2.78. The molecule has 4 heterocycles. The van der Waals surface area contributed by atoms with Gasteiger partial charge in [0.2, 0.25) is 0 Å². The smallest absolute Gasteiger partial charge is 0.287 e. The zero-order valence-corrected chi connectivity index (χ0v) is 26.8. The van der Waals surface area contributed by atoms with E-state index in [1.165, 1.54) is 23.0 Å². The Labute approximate surface area is 273 Å². The minimum atomic E-state index is -0.408. The minimum Gasteiger partial charge on any atom is -0.495 e. The number of thiophene rings is 1. The molecule has 0 fully saturated rings. The summed E-state index contributed by atoms with van der Waals surface area (Å²) < 4.78 is 23.9. The topological polar surface area (TPSA) is 133 Å². The molecule has 0 bridgehead atoms. The van der Waals surface area contributed by atoms with Gasteiger partial charge in [-0.3, -0.25) is 14.2 Å². The number of hydrazone groups is 1. The van der Waals surface area contributed by atoms with Crippen LogP contribution in [0.4, 0.5) is 0 Å². The maximum Gasteiger partial charge on any atom is 0.287 e. The molecule has 0 aliphatic carbocycles. The van der Waals surface area contributed by atoms with Crippen molar-refractivity contribution in [2.24, 2.45) is 5.10 Å². The highest BCUT2D eigenvalue weighted by atomic mass is 32.2. The Morgan fingerprint density at radius 2 is 1.80 bits per heavy atom. The van der Waals surface area contributed by atoms with Gasteiger partial charge in [0.1, 0.15) is 5.75 Å². The number of nitrogens with zero attached hydrogens (tertiary/aromatic N) is 5. The van der Waals surface area contributed by atoms with E-state index >= 15 is 0 Å². The molecular weight excluding hydrogens is 629 g/mol. The van der Waals surface area contributed by atoms with Crippen LogP contribution in [0.1, 0.15) is 39.3 Å². The van der Waals surface area contributed by atoms with E-state index in [9.17, 15) is 9.59 Å². The summed E-state index contributed by atoms with van der Waals surface area (Å²) in [4.78, 5) is 27.6. The lowest BCUT2D eigenvalue weighted by atomic mass is 9.99. The molecule has 0 saturated carbocycles. The average molecular weight is 659 g/mol. The molecule has 2 amide bonds. The third-order valence-electron chi connectivity index (χ3n) is 7.27. The van der Waals surface area contributed by atoms with Crippen molar-refractivity contribution in [2.45, 2.75) is 24.2 Å². The van der Waals surface area contributed by atoms with Gasteiger partial charge < -0.3 is 23.9 Å². The van der Waals surface area contributed by atoms with Crippen molar-refractivity contribution in [1.29, 1.82) is 0 Å². The number of nitrogens with one attached hydrogen (secondary N) is 1. The van der Waals surface area contributed by atoms with Crippen LogP contribution in [0.25, 0.3) is 5.69 Å². The van der Waals surface area contributed by atoms with Gasteiger partial charge in [-0.05, 0) is 41.8 Å². The van der Waals surface area contributed by atoms with E-state index in [1.54, 1.807) is 49.4 Å². The maximum atomic E-state index is 14.0. The summed E-state index contributed by atoms with van der Waals surface area (Å²) in [7, 11) is 4.73. The largest absolute Gasteiger partial charge is 0.495 e. The summed E-state index contributed by atoms with van der Waals surface area (Å²) in [5, 5.41) is 20.3. The van der Waals surface area contributed by atoms with Gasteiger partial charge in [0.15, 0.2) is 28.2 Å². The van der Waals surface area contributed by atoms with E-state index in [0.29, 0.717) is 40.3 Å². The number of benzene rings is 2. The third kappa shape index (κ3) is 6.21. The molecule has 14 heteroatoms. The number of methoxy groups -OCH3 is 3. The number of ether oxygens (including phenoxy) is 3. The van der Waals surface area contributed by atoms with E-state index in [1.807, 2.05) is 60.0 Å². The second-order valence-electron chi connectivity index (χ2n) is 9.92. The Morgan fingerprint density at radius 3 is 2.54 bits per heavy atom. The van der Waals surface area contributed by atoms with Gasteiger partial charge in [-0.25, -0.2) is 5.01 Å². The number of para-hydroxylation sites is 3. The molecular formula is C32H30N6O6S2. The van der Waals surface area contributed by atoms with Crippen molar-refractivity contribution < 1.29 is 28.2 Å². The molecule has 6 rings (SSSR count). The molecule has 1 N–H and O–H groups in total. The van der Waals surface area contributed by atoms with E-state index in [-0.39, 0.29) is 24.0 Å². The highest BCUT2D eigenvalue weighted by Crippen LogP contribution is 2.42. The molecule has 1 aliphatic heterocycles. The van der Waals surface area contributed by atoms with Crippen LogP contribution in [0.5, 0.6) is 17.2 Å². The number of thioether (sulfide) groups is 1. The van der Waals surface area contributed by atoms with E-state index in [0.717, 1.165) is 16.2 Å². The molecule has 1 atom stereocenters. The van der Waals surface area contributed by atoms with Gasteiger partial charge in [0.05, 0.1) is 62.2 Å². The quantitative estimate of drug-likeness (QED) is 0.176. The van der Waals surface area contributed by atoms with Crippen molar-refractivity contribution in [3.8, 4) is 22.9 Å². The van der Waals surface area contributed by atoms with Gasteiger partial charge in [-0.15, -0.1) is 21.5 Å². The fourth-order valence-corrected chi connectivity index (χ4v) is 6.70. The second-order valence-corrected chi connectivity index (χ2v) is 11.8. The second kappa shape index (κ2) is 13.9. The zero-order valence-electron chi connectivity index (χ0n) is 25.2. The first kappa shape index (κ1) is 30.9. The normalized spacial score (nSPS) is 14.2. The number of rotatable bonds is 12. The summed E-state index contributed by atoms with van der Waals surface area (Å²) in [6.45, 7) is 0.0530. The van der Waals surface area contributed by atoms with Crippen LogP contribution >= 0.6 is 23.1 Å². The van der Waals surface area contributed by atoms with Crippen molar-refractivity contribution >= 4 is 40.6 Å². The van der Waals surface area contributed by atoms with Gasteiger partial charge in [0, 0.05) is 12.0 Å². The van der Waals surface area contributed by atoms with E-state index in [4.69, 9.17) is 23.7 Å². The Hall–Kier alpha value is -5.08. The minimum absolute atomic E-state index is 0.00996. The molecule has 2 aromatic carbocycles. The number of hydrogen-bond donors (Lipinski definition) is 1. The Bertz CT molecular complexity index is 1850. The number of furan rings is 1. The van der Waals surface area contributed by atoms with Crippen LogP contribution < -0.4 is 19.5 Å². The first-order valence-electron chi connectivity index (χ1n) is 14.2. The zero-order chi connectivity index (χ0) is 32.0. The van der Waals surface area contributed by atoms with Crippen LogP contribution in [0, 0.1) is 0 Å². The van der Waals surface area contributed by atoms with Crippen LogP contribution in [0.2, 0.25) is 0 Å². The first-order chi connectivity index (χ1) is 22.5. The molecule has 12 nitrogen and oxygen atoms in total. The third-order valence-corrected chi connectivity index (χ3v) is 9.10. The summed E-state index contributed by atoms with van der Waals surface area (Å²) in [6, 6.07) is 19.8. The first-order valence-corrected chi connectivity index (χ1v) is 16.0. The SMILES string of the molecule is COc1ccccc1-n1c(CNC(=O)c2ccco2)nnc1SCC(=O)N1N=C(c2cccs2)C[C@@H]1c1cccc(OC)c1OC. The van der Waals surface area contributed by atoms with Crippen molar-refractivity contribution in [1.82, 2.24) is 25.1 Å². The standard InChI is InChI=1S/C32H30N6O6S2/c1-41-24-11-5-4-10-22(24)37-28(18-33-31(40)26-13-7-15-44-26)34-35-32(37)46-19-29(39)38-23(17-21(36-38)27-14-8-16-45-27)20-9-6-12-25(42-2)30(20)43-3/h4-16,23H,17-19H2,1-3H3,(H,33,40)/t23-/m1/s1. The highest BCUT2D eigenvalue weighted by molar-refractivity contribution is 7.99. The highest BCUT2D eigenvalue weighted by Gasteiger charge is 2.36. The lowest BCUT2D eigenvalue weighted by Crippen LogP contribution is -2.29. The fraction of sp³-hybridized carbons (Fsp3) is 0.219. The Morgan fingerprint density at radius 1 is 0.978 bits per heavy atom. The van der Waals surface area contributed by atoms with Gasteiger partial charge >= 0.3 is 0 Å². The van der Waals surface area contributed by atoms with Crippen molar-refractivity contribution in [2.75, 3.05) is 27.1 Å². The molecule has 0 saturated heterocycles. The van der Waals surface area contributed by atoms with Crippen LogP contribution in [0.3, 0.4) is 0 Å². The molecule has 236 valence electrons. The van der Waals surface area contributed by atoms with Gasteiger partial charge in [0.25, 0.3) is 11.8 Å². The Kier molecular flexibility index (Phi) is 9.36. The lowest BCUT2D eigenvalue weighted by molar-refractivity contribution is -0.130. The maximum absolute atomic E-state index is 14.0. The van der Waals surface area contributed by atoms with Crippen LogP contribution in [0.15, 0.2) is 93.0 Å². The van der Waals surface area contributed by atoms with E-state index < -0.39 is 11.9 Å². The van der Waals surface area contributed by atoms with Crippen LogP contribution in [-0.4, -0.2) is 64.4 Å². The lowest BCUT2D eigenvalue weighted by Gasteiger charge is -2.24. The summed E-state index contributed by atoms with van der Waals surface area (Å²) in [6.07, 6.45) is 1.94. The average Bonchev–Trinajstić information content (AvgIpc) is 3.92. The number of carbonyl (C=O) groups is 2. The molecule has 0 radical (unpaired) electrons. The number of carbonyl (C=O) groups excluding carboxylic acids is 2. The molecule has 1 aliphatic rings.